The van der Waals surface area contributed by atoms with Gasteiger partial charge in [-0.3, -0.25) is 0 Å². The van der Waals surface area contributed by atoms with Crippen LogP contribution >= 0.6 is 15.9 Å². The lowest BCUT2D eigenvalue weighted by atomic mass is 9.89. The molecule has 1 aromatic rings. The van der Waals surface area contributed by atoms with Gasteiger partial charge in [-0.1, -0.05) is 47.3 Å². The molecule has 18 heavy (non-hydrogen) atoms. The summed E-state index contributed by atoms with van der Waals surface area (Å²) >= 11 is 3.67. The van der Waals surface area contributed by atoms with Crippen LogP contribution in [0.25, 0.3) is 0 Å². The van der Waals surface area contributed by atoms with Crippen molar-refractivity contribution in [2.24, 2.45) is 5.92 Å². The topological polar surface area (TPSA) is 12.0 Å². The largest absolute Gasteiger partial charge is 0.310 e. The zero-order valence-corrected chi connectivity index (χ0v) is 12.5. The fourth-order valence-corrected chi connectivity index (χ4v) is 4.10. The first-order valence-electron chi connectivity index (χ1n) is 7.35. The second kappa shape index (κ2) is 5.75. The molecular weight excluding hydrogens is 286 g/mol. The predicted molar refractivity (Wildman–Crippen MR) is 79.8 cm³/mol. The van der Waals surface area contributed by atoms with Crippen molar-refractivity contribution in [2.45, 2.75) is 51.0 Å². The van der Waals surface area contributed by atoms with Gasteiger partial charge in [0.15, 0.2) is 0 Å². The van der Waals surface area contributed by atoms with Gasteiger partial charge in [-0.15, -0.1) is 0 Å². The van der Waals surface area contributed by atoms with Gasteiger partial charge < -0.3 is 5.32 Å². The van der Waals surface area contributed by atoms with E-state index in [1.54, 1.807) is 0 Å². The Morgan fingerprint density at radius 1 is 1.11 bits per heavy atom. The smallest absolute Gasteiger partial charge is 0.0326 e. The van der Waals surface area contributed by atoms with Crippen molar-refractivity contribution in [3.8, 4) is 0 Å². The van der Waals surface area contributed by atoms with E-state index in [-0.39, 0.29) is 0 Å². The van der Waals surface area contributed by atoms with Crippen LogP contribution in [0.2, 0.25) is 0 Å². The molecule has 2 aliphatic carbocycles. The van der Waals surface area contributed by atoms with Gasteiger partial charge in [0.25, 0.3) is 0 Å². The third-order valence-corrected chi connectivity index (χ3v) is 5.33. The Balaban J connectivity index is 1.60. The molecular formula is C16H22BrN. The van der Waals surface area contributed by atoms with Gasteiger partial charge in [-0.2, -0.15) is 0 Å². The summed E-state index contributed by atoms with van der Waals surface area (Å²) in [5.74, 6) is 0.926. The lowest BCUT2D eigenvalue weighted by molar-refractivity contribution is 0.327. The molecule has 1 aromatic carbocycles. The molecule has 0 heterocycles. The number of nitrogens with one attached hydrogen (secondary N) is 1. The first-order chi connectivity index (χ1) is 8.84. The van der Waals surface area contributed by atoms with Crippen molar-refractivity contribution in [1.29, 1.82) is 0 Å². The minimum atomic E-state index is 0.597. The zero-order valence-electron chi connectivity index (χ0n) is 10.9. The third kappa shape index (κ3) is 2.65. The summed E-state index contributed by atoms with van der Waals surface area (Å²) in [6.07, 6.45) is 9.70. The van der Waals surface area contributed by atoms with Crippen LogP contribution in [0.5, 0.6) is 0 Å². The minimum Gasteiger partial charge on any atom is -0.310 e. The maximum absolute atomic E-state index is 3.81. The Kier molecular flexibility index (Phi) is 4.05. The van der Waals surface area contributed by atoms with Crippen molar-refractivity contribution in [1.82, 2.24) is 5.32 Å². The lowest BCUT2D eigenvalue weighted by Gasteiger charge is -2.24. The molecule has 0 saturated heterocycles. The van der Waals surface area contributed by atoms with Gasteiger partial charge in [0, 0.05) is 10.5 Å². The Labute approximate surface area is 118 Å². The van der Waals surface area contributed by atoms with Crippen molar-refractivity contribution < 1.29 is 0 Å². The van der Waals surface area contributed by atoms with Crippen LogP contribution in [0.3, 0.4) is 0 Å². The van der Waals surface area contributed by atoms with E-state index in [0.717, 1.165) is 5.92 Å². The third-order valence-electron chi connectivity index (χ3n) is 4.59. The van der Waals surface area contributed by atoms with Crippen LogP contribution in [-0.4, -0.2) is 6.54 Å². The fraction of sp³-hybridized carbons (Fsp3) is 0.625. The molecule has 98 valence electrons. The van der Waals surface area contributed by atoms with Gasteiger partial charge in [0.1, 0.15) is 0 Å². The molecule has 1 N–H and O–H groups in total. The summed E-state index contributed by atoms with van der Waals surface area (Å²) in [4.78, 5) is 0. The fourth-order valence-electron chi connectivity index (χ4n) is 3.52. The molecule has 1 fully saturated rings. The molecule has 1 nitrogen and oxygen atoms in total. The van der Waals surface area contributed by atoms with Gasteiger partial charge in [0.2, 0.25) is 0 Å². The summed E-state index contributed by atoms with van der Waals surface area (Å²) in [6.45, 7) is 1.22. The van der Waals surface area contributed by atoms with Crippen molar-refractivity contribution in [2.75, 3.05) is 6.54 Å². The van der Waals surface area contributed by atoms with E-state index in [0.29, 0.717) is 6.04 Å². The number of hydrogen-bond acceptors (Lipinski definition) is 1. The highest BCUT2D eigenvalue weighted by Crippen LogP contribution is 2.36. The number of fused-ring (bicyclic) bond motifs is 1. The monoisotopic (exact) mass is 307 g/mol. The van der Waals surface area contributed by atoms with E-state index >= 15 is 0 Å². The zero-order chi connectivity index (χ0) is 12.4. The van der Waals surface area contributed by atoms with E-state index in [2.05, 4.69) is 39.4 Å². The Morgan fingerprint density at radius 2 is 1.94 bits per heavy atom. The predicted octanol–water partition coefficient (Wildman–Crippen LogP) is 4.61. The van der Waals surface area contributed by atoms with Crippen molar-refractivity contribution >= 4 is 15.9 Å². The van der Waals surface area contributed by atoms with Crippen LogP contribution < -0.4 is 5.32 Å². The Hall–Kier alpha value is -0.340. The van der Waals surface area contributed by atoms with E-state index in [4.69, 9.17) is 0 Å². The first-order valence-corrected chi connectivity index (χ1v) is 8.14. The number of hydrogen-bond donors (Lipinski definition) is 1. The summed E-state index contributed by atoms with van der Waals surface area (Å²) < 4.78 is 1.29. The molecule has 1 atom stereocenters. The standard InChI is InChI=1S/C16H22BrN/c17-15-8-4-7-14-13(15)9-10-16(14)18-11-12-5-2-1-3-6-12/h4,7-8,12,16,18H,1-3,5-6,9-11H2. The van der Waals surface area contributed by atoms with Gasteiger partial charge in [-0.05, 0) is 55.3 Å². The molecule has 2 aliphatic rings. The molecule has 0 radical (unpaired) electrons. The van der Waals surface area contributed by atoms with E-state index in [1.807, 2.05) is 0 Å². The number of benzene rings is 1. The molecule has 0 spiro atoms. The summed E-state index contributed by atoms with van der Waals surface area (Å²) in [5, 5.41) is 3.81. The average molecular weight is 308 g/mol. The molecule has 0 bridgehead atoms. The highest BCUT2D eigenvalue weighted by Gasteiger charge is 2.24. The van der Waals surface area contributed by atoms with Gasteiger partial charge in [-0.25, -0.2) is 0 Å². The van der Waals surface area contributed by atoms with Crippen LogP contribution in [0.15, 0.2) is 22.7 Å². The van der Waals surface area contributed by atoms with Crippen LogP contribution in [0.1, 0.15) is 55.7 Å². The molecule has 0 amide bonds. The normalized spacial score (nSPS) is 24.2. The second-order valence-corrected chi connectivity index (χ2v) is 6.67. The molecule has 0 aromatic heterocycles. The Morgan fingerprint density at radius 3 is 2.78 bits per heavy atom. The number of halogens is 1. The average Bonchev–Trinajstić information content (AvgIpc) is 2.82. The van der Waals surface area contributed by atoms with E-state index < -0.39 is 0 Å². The van der Waals surface area contributed by atoms with Gasteiger partial charge in [0.05, 0.1) is 0 Å². The maximum atomic E-state index is 3.81. The van der Waals surface area contributed by atoms with Crippen molar-refractivity contribution in [3.63, 3.8) is 0 Å². The van der Waals surface area contributed by atoms with Gasteiger partial charge >= 0.3 is 0 Å². The maximum Gasteiger partial charge on any atom is 0.0326 e. The van der Waals surface area contributed by atoms with Crippen LogP contribution in [0, 0.1) is 5.92 Å². The highest BCUT2D eigenvalue weighted by atomic mass is 79.9. The number of rotatable bonds is 3. The van der Waals surface area contributed by atoms with E-state index in [9.17, 15) is 0 Å². The Bertz CT molecular complexity index is 410. The molecule has 1 unspecified atom stereocenters. The minimum absolute atomic E-state index is 0.597. The highest BCUT2D eigenvalue weighted by molar-refractivity contribution is 9.10. The summed E-state index contributed by atoms with van der Waals surface area (Å²) in [5.41, 5.74) is 3.05. The first kappa shape index (κ1) is 12.7. The van der Waals surface area contributed by atoms with Crippen LogP contribution in [-0.2, 0) is 6.42 Å². The van der Waals surface area contributed by atoms with Crippen LogP contribution in [0.4, 0.5) is 0 Å². The van der Waals surface area contributed by atoms with E-state index in [1.165, 1.54) is 67.1 Å². The molecule has 0 aliphatic heterocycles. The quantitative estimate of drug-likeness (QED) is 0.860. The SMILES string of the molecule is Brc1cccc2c1CCC2NCC1CCCCC1. The summed E-state index contributed by atoms with van der Waals surface area (Å²) in [7, 11) is 0. The molecule has 2 heteroatoms. The molecule has 3 rings (SSSR count). The van der Waals surface area contributed by atoms with Crippen molar-refractivity contribution in [3.05, 3.63) is 33.8 Å². The molecule has 1 saturated carbocycles. The summed E-state index contributed by atoms with van der Waals surface area (Å²) in [6, 6.07) is 7.23. The second-order valence-electron chi connectivity index (χ2n) is 5.81. The lowest BCUT2D eigenvalue weighted by Crippen LogP contribution is -2.27.